The number of thiophene rings is 1. The smallest absolute Gasteiger partial charge is 0.431 e. The average molecular weight is 531 g/mol. The highest BCUT2D eigenvalue weighted by Crippen LogP contribution is 2.49. The van der Waals surface area contributed by atoms with Crippen molar-refractivity contribution in [3.8, 4) is 28.5 Å². The van der Waals surface area contributed by atoms with E-state index in [4.69, 9.17) is 27.9 Å². The highest BCUT2D eigenvalue weighted by atomic mass is 35.5. The summed E-state index contributed by atoms with van der Waals surface area (Å²) < 4.78 is 62.8. The summed E-state index contributed by atoms with van der Waals surface area (Å²) in [6, 6.07) is 8.05. The summed E-state index contributed by atoms with van der Waals surface area (Å²) in [4.78, 5) is 9.82. The number of aromatic nitrogens is 2. The lowest BCUT2D eigenvalue weighted by Gasteiger charge is -2.20. The molecule has 2 aromatic carbocycles. The van der Waals surface area contributed by atoms with Crippen LogP contribution in [0.15, 0.2) is 42.7 Å². The van der Waals surface area contributed by atoms with E-state index in [1.54, 1.807) is 18.2 Å². The van der Waals surface area contributed by atoms with Gasteiger partial charge in [0.1, 0.15) is 11.2 Å². The first-order valence-corrected chi connectivity index (χ1v) is 11.4. The standard InChI is InChI=1S/C23H16Cl2F4N2O2S/c1-22(2,3)19-16(11-7-8-12(24)13(25)9-11)17-20(30-10-31-21(17)34-19)32-18-14(26)5-4-6-15(18)33-23(27,28)29/h4-10H,1-3H3. The van der Waals surface area contributed by atoms with Gasteiger partial charge in [0.05, 0.1) is 15.4 Å². The summed E-state index contributed by atoms with van der Waals surface area (Å²) >= 11 is 13.7. The number of ether oxygens (including phenoxy) is 2. The van der Waals surface area contributed by atoms with Crippen LogP contribution in [0.2, 0.25) is 10.0 Å². The molecule has 0 amide bonds. The summed E-state index contributed by atoms with van der Waals surface area (Å²) in [7, 11) is 0. The molecule has 2 aromatic heterocycles. The van der Waals surface area contributed by atoms with Crippen molar-refractivity contribution in [1.29, 1.82) is 0 Å². The van der Waals surface area contributed by atoms with Crippen molar-refractivity contribution in [2.45, 2.75) is 32.5 Å². The molecule has 0 atom stereocenters. The number of rotatable bonds is 4. The van der Waals surface area contributed by atoms with Crippen LogP contribution < -0.4 is 9.47 Å². The van der Waals surface area contributed by atoms with Gasteiger partial charge in [-0.05, 0) is 35.2 Å². The van der Waals surface area contributed by atoms with Crippen LogP contribution in [-0.4, -0.2) is 16.3 Å². The number of hydrogen-bond donors (Lipinski definition) is 0. The predicted molar refractivity (Wildman–Crippen MR) is 125 cm³/mol. The summed E-state index contributed by atoms with van der Waals surface area (Å²) in [5.41, 5.74) is 0.980. The van der Waals surface area contributed by atoms with E-state index in [-0.39, 0.29) is 11.3 Å². The van der Waals surface area contributed by atoms with Crippen LogP contribution >= 0.6 is 34.5 Å². The Hall–Kier alpha value is -2.62. The molecule has 0 spiro atoms. The number of nitrogens with zero attached hydrogens (tertiary/aromatic N) is 2. The minimum atomic E-state index is -5.04. The van der Waals surface area contributed by atoms with Crippen LogP contribution in [-0.2, 0) is 5.41 Å². The SMILES string of the molecule is CC(C)(C)c1sc2ncnc(Oc3c(F)cccc3OC(F)(F)F)c2c1-c1ccc(Cl)c(Cl)c1. The van der Waals surface area contributed by atoms with Gasteiger partial charge >= 0.3 is 6.36 Å². The van der Waals surface area contributed by atoms with Gasteiger partial charge in [0.2, 0.25) is 11.6 Å². The third-order valence-corrected chi connectivity index (χ3v) is 6.96. The highest BCUT2D eigenvalue weighted by Gasteiger charge is 2.34. The van der Waals surface area contributed by atoms with E-state index in [0.717, 1.165) is 23.1 Å². The predicted octanol–water partition coefficient (Wildman–Crippen LogP) is 8.79. The minimum Gasteiger partial charge on any atom is -0.431 e. The van der Waals surface area contributed by atoms with Crippen molar-refractivity contribution in [2.24, 2.45) is 0 Å². The Morgan fingerprint density at radius 2 is 1.71 bits per heavy atom. The average Bonchev–Trinajstić information content (AvgIpc) is 3.13. The molecule has 0 unspecified atom stereocenters. The van der Waals surface area contributed by atoms with Crippen LogP contribution in [0.3, 0.4) is 0 Å². The van der Waals surface area contributed by atoms with E-state index in [1.165, 1.54) is 17.7 Å². The molecule has 0 radical (unpaired) electrons. The summed E-state index contributed by atoms with van der Waals surface area (Å²) in [6.45, 7) is 6.00. The lowest BCUT2D eigenvalue weighted by Crippen LogP contribution is -2.17. The summed E-state index contributed by atoms with van der Waals surface area (Å²) in [5, 5.41) is 1.07. The second kappa shape index (κ2) is 8.87. The summed E-state index contributed by atoms with van der Waals surface area (Å²) in [5.74, 6) is -2.75. The van der Waals surface area contributed by atoms with Gasteiger partial charge < -0.3 is 9.47 Å². The summed E-state index contributed by atoms with van der Waals surface area (Å²) in [6.07, 6.45) is -3.84. The van der Waals surface area contributed by atoms with Gasteiger partial charge in [0, 0.05) is 10.4 Å². The third kappa shape index (κ3) is 4.92. The number of hydrogen-bond acceptors (Lipinski definition) is 5. The van der Waals surface area contributed by atoms with Crippen molar-refractivity contribution < 1.29 is 27.0 Å². The molecule has 0 saturated heterocycles. The molecule has 34 heavy (non-hydrogen) atoms. The van der Waals surface area contributed by atoms with Crippen LogP contribution in [0, 0.1) is 5.82 Å². The Bertz CT molecular complexity index is 1380. The molecule has 0 aliphatic rings. The van der Waals surface area contributed by atoms with E-state index in [0.29, 0.717) is 31.4 Å². The second-order valence-electron chi connectivity index (χ2n) is 8.26. The molecule has 178 valence electrons. The first-order valence-electron chi connectivity index (χ1n) is 9.80. The van der Waals surface area contributed by atoms with Crippen LogP contribution in [0.1, 0.15) is 25.6 Å². The van der Waals surface area contributed by atoms with E-state index in [2.05, 4.69) is 14.7 Å². The van der Waals surface area contributed by atoms with E-state index in [9.17, 15) is 17.6 Å². The van der Waals surface area contributed by atoms with Gasteiger partial charge in [-0.3, -0.25) is 0 Å². The molecule has 2 heterocycles. The molecular weight excluding hydrogens is 515 g/mol. The molecule has 0 aliphatic heterocycles. The maximum absolute atomic E-state index is 14.6. The maximum Gasteiger partial charge on any atom is 0.573 e. The van der Waals surface area contributed by atoms with Gasteiger partial charge in [0.15, 0.2) is 11.6 Å². The largest absolute Gasteiger partial charge is 0.573 e. The minimum absolute atomic E-state index is 0.130. The Morgan fingerprint density at radius 3 is 2.35 bits per heavy atom. The van der Waals surface area contributed by atoms with Gasteiger partial charge in [-0.1, -0.05) is 56.1 Å². The zero-order valence-corrected chi connectivity index (χ0v) is 20.3. The second-order valence-corrected chi connectivity index (χ2v) is 10.1. The molecule has 4 rings (SSSR count). The molecule has 0 bridgehead atoms. The lowest BCUT2D eigenvalue weighted by molar-refractivity contribution is -0.275. The molecule has 0 saturated carbocycles. The normalized spacial score (nSPS) is 12.3. The number of para-hydroxylation sites is 1. The Labute approximate surface area is 206 Å². The first kappa shape index (κ1) is 24.5. The number of alkyl halides is 3. The van der Waals surface area contributed by atoms with E-state index < -0.39 is 23.7 Å². The molecular formula is C23H16Cl2F4N2O2S. The number of benzene rings is 2. The van der Waals surface area contributed by atoms with Gasteiger partial charge in [-0.15, -0.1) is 24.5 Å². The Morgan fingerprint density at radius 1 is 0.971 bits per heavy atom. The fourth-order valence-corrected chi connectivity index (χ4v) is 4.84. The monoisotopic (exact) mass is 530 g/mol. The van der Waals surface area contributed by atoms with Crippen molar-refractivity contribution in [1.82, 2.24) is 9.97 Å². The van der Waals surface area contributed by atoms with Crippen LogP contribution in [0.5, 0.6) is 17.4 Å². The topological polar surface area (TPSA) is 44.2 Å². The zero-order valence-electron chi connectivity index (χ0n) is 17.9. The van der Waals surface area contributed by atoms with Gasteiger partial charge in [-0.25, -0.2) is 14.4 Å². The lowest BCUT2D eigenvalue weighted by atomic mass is 9.88. The fraction of sp³-hybridized carbons (Fsp3) is 0.217. The van der Waals surface area contributed by atoms with E-state index in [1.807, 2.05) is 20.8 Å². The zero-order chi connectivity index (χ0) is 24.8. The van der Waals surface area contributed by atoms with Crippen molar-refractivity contribution in [3.05, 3.63) is 63.5 Å². The molecule has 4 nitrogen and oxygen atoms in total. The van der Waals surface area contributed by atoms with Crippen molar-refractivity contribution in [3.63, 3.8) is 0 Å². The van der Waals surface area contributed by atoms with Crippen molar-refractivity contribution in [2.75, 3.05) is 0 Å². The van der Waals surface area contributed by atoms with Crippen molar-refractivity contribution >= 4 is 44.8 Å². The Balaban J connectivity index is 1.97. The van der Waals surface area contributed by atoms with Gasteiger partial charge in [0.25, 0.3) is 0 Å². The fourth-order valence-electron chi connectivity index (χ4n) is 3.33. The molecule has 0 N–H and O–H groups in total. The van der Waals surface area contributed by atoms with Crippen LogP contribution in [0.4, 0.5) is 17.6 Å². The number of fused-ring (bicyclic) bond motifs is 1. The van der Waals surface area contributed by atoms with Gasteiger partial charge in [-0.2, -0.15) is 0 Å². The third-order valence-electron chi connectivity index (χ3n) is 4.70. The van der Waals surface area contributed by atoms with Crippen LogP contribution in [0.25, 0.3) is 21.3 Å². The molecule has 0 aliphatic carbocycles. The van der Waals surface area contributed by atoms with E-state index >= 15 is 0 Å². The molecule has 4 aromatic rings. The molecule has 0 fully saturated rings. The first-order chi connectivity index (χ1) is 15.8. The Kier molecular flexibility index (Phi) is 6.39. The highest BCUT2D eigenvalue weighted by molar-refractivity contribution is 7.19. The quantitative estimate of drug-likeness (QED) is 0.247. The molecule has 11 heteroatoms. The number of halogens is 6. The maximum atomic E-state index is 14.6.